The van der Waals surface area contributed by atoms with Crippen molar-refractivity contribution in [3.8, 4) is 0 Å². The van der Waals surface area contributed by atoms with E-state index >= 15 is 0 Å². The van der Waals surface area contributed by atoms with E-state index < -0.39 is 24.5 Å². The summed E-state index contributed by atoms with van der Waals surface area (Å²) in [7, 11) is 0. The Morgan fingerprint density at radius 3 is 2.28 bits per heavy atom. The summed E-state index contributed by atoms with van der Waals surface area (Å²) in [5.41, 5.74) is 0.0609. The molecule has 102 valence electrons. The standard InChI is InChI=1S/C12H18O6/c1-5-16-10(13)6-9(4)12(15)17-7-11(14)18-8(2)3/h6,8H,5,7H2,1-4H3/b9-6-. The van der Waals surface area contributed by atoms with Gasteiger partial charge in [-0.15, -0.1) is 0 Å². The third kappa shape index (κ3) is 7.43. The molecule has 0 radical (unpaired) electrons. The van der Waals surface area contributed by atoms with Gasteiger partial charge in [-0.2, -0.15) is 0 Å². The van der Waals surface area contributed by atoms with Crippen LogP contribution in [0.4, 0.5) is 0 Å². The van der Waals surface area contributed by atoms with Crippen LogP contribution in [0, 0.1) is 0 Å². The summed E-state index contributed by atoms with van der Waals surface area (Å²) in [6, 6.07) is 0. The SMILES string of the molecule is CCOC(=O)/C=C(/C)C(=O)OCC(=O)OC(C)C. The van der Waals surface area contributed by atoms with E-state index in [9.17, 15) is 14.4 Å². The van der Waals surface area contributed by atoms with Crippen LogP contribution in [-0.4, -0.2) is 37.2 Å². The number of rotatable bonds is 6. The first kappa shape index (κ1) is 16.1. The second-order valence-electron chi connectivity index (χ2n) is 3.69. The summed E-state index contributed by atoms with van der Waals surface area (Å²) in [5, 5.41) is 0. The van der Waals surface area contributed by atoms with E-state index in [4.69, 9.17) is 4.74 Å². The number of esters is 3. The fraction of sp³-hybridized carbons (Fsp3) is 0.583. The molecule has 0 spiro atoms. The monoisotopic (exact) mass is 258 g/mol. The largest absolute Gasteiger partial charge is 0.463 e. The molecule has 0 N–H and O–H groups in total. The molecule has 0 aromatic carbocycles. The minimum Gasteiger partial charge on any atom is -0.463 e. The average Bonchev–Trinajstić information content (AvgIpc) is 2.25. The maximum atomic E-state index is 11.4. The van der Waals surface area contributed by atoms with Crippen molar-refractivity contribution in [2.75, 3.05) is 13.2 Å². The van der Waals surface area contributed by atoms with Crippen molar-refractivity contribution in [2.45, 2.75) is 33.8 Å². The maximum absolute atomic E-state index is 11.4. The highest BCUT2D eigenvalue weighted by molar-refractivity contribution is 5.96. The van der Waals surface area contributed by atoms with Gasteiger partial charge in [0.25, 0.3) is 0 Å². The lowest BCUT2D eigenvalue weighted by atomic mass is 10.3. The summed E-state index contributed by atoms with van der Waals surface area (Å²) in [6.45, 7) is 6.16. The Morgan fingerprint density at radius 1 is 1.17 bits per heavy atom. The molecule has 0 unspecified atom stereocenters. The highest BCUT2D eigenvalue weighted by Crippen LogP contribution is 1.99. The molecular weight excluding hydrogens is 240 g/mol. The van der Waals surface area contributed by atoms with Crippen molar-refractivity contribution in [2.24, 2.45) is 0 Å². The van der Waals surface area contributed by atoms with Crippen LogP contribution in [-0.2, 0) is 28.6 Å². The van der Waals surface area contributed by atoms with E-state index in [1.54, 1.807) is 20.8 Å². The number of carbonyl (C=O) groups excluding carboxylic acids is 3. The second-order valence-corrected chi connectivity index (χ2v) is 3.69. The summed E-state index contributed by atoms with van der Waals surface area (Å²) >= 11 is 0. The number of hydrogen-bond donors (Lipinski definition) is 0. The molecule has 6 nitrogen and oxygen atoms in total. The van der Waals surface area contributed by atoms with E-state index in [0.29, 0.717) is 0 Å². The van der Waals surface area contributed by atoms with Gasteiger partial charge in [0.05, 0.1) is 12.7 Å². The van der Waals surface area contributed by atoms with Crippen LogP contribution in [0.2, 0.25) is 0 Å². The highest BCUT2D eigenvalue weighted by Gasteiger charge is 2.12. The third-order valence-electron chi connectivity index (χ3n) is 1.63. The molecule has 0 amide bonds. The van der Waals surface area contributed by atoms with Crippen molar-refractivity contribution in [3.63, 3.8) is 0 Å². The van der Waals surface area contributed by atoms with Gasteiger partial charge in [0.1, 0.15) is 0 Å². The van der Waals surface area contributed by atoms with E-state index in [1.165, 1.54) is 6.92 Å². The summed E-state index contributed by atoms with van der Waals surface area (Å²) in [4.78, 5) is 33.5. The van der Waals surface area contributed by atoms with Crippen LogP contribution in [0.5, 0.6) is 0 Å². The van der Waals surface area contributed by atoms with Crippen molar-refractivity contribution < 1.29 is 28.6 Å². The van der Waals surface area contributed by atoms with Gasteiger partial charge in [-0.3, -0.25) is 0 Å². The van der Waals surface area contributed by atoms with Gasteiger partial charge in [0, 0.05) is 11.6 Å². The van der Waals surface area contributed by atoms with Gasteiger partial charge in [-0.25, -0.2) is 14.4 Å². The van der Waals surface area contributed by atoms with E-state index in [2.05, 4.69) is 9.47 Å². The molecule has 0 aliphatic carbocycles. The quantitative estimate of drug-likeness (QED) is 0.401. The minimum absolute atomic E-state index is 0.0609. The topological polar surface area (TPSA) is 78.9 Å². The summed E-state index contributed by atoms with van der Waals surface area (Å²) < 4.78 is 14.1. The first-order valence-corrected chi connectivity index (χ1v) is 5.58. The Hall–Kier alpha value is -1.85. The Balaban J connectivity index is 4.17. The molecule has 0 bridgehead atoms. The number of ether oxygens (including phenoxy) is 3. The second kappa shape index (κ2) is 8.27. The van der Waals surface area contributed by atoms with Gasteiger partial charge in [0.2, 0.25) is 0 Å². The number of carbonyl (C=O) groups is 3. The molecular formula is C12H18O6. The van der Waals surface area contributed by atoms with Crippen LogP contribution < -0.4 is 0 Å². The van der Waals surface area contributed by atoms with E-state index in [0.717, 1.165) is 6.08 Å². The molecule has 0 aliphatic rings. The zero-order valence-corrected chi connectivity index (χ0v) is 11.0. The molecule has 0 rings (SSSR count). The lowest BCUT2D eigenvalue weighted by Gasteiger charge is -2.08. The first-order chi connectivity index (χ1) is 8.36. The smallest absolute Gasteiger partial charge is 0.344 e. The van der Waals surface area contributed by atoms with Gasteiger partial charge in [0.15, 0.2) is 6.61 Å². The van der Waals surface area contributed by atoms with Crippen LogP contribution in [0.1, 0.15) is 27.7 Å². The molecule has 0 aromatic rings. The van der Waals surface area contributed by atoms with Crippen LogP contribution in [0.3, 0.4) is 0 Å². The first-order valence-electron chi connectivity index (χ1n) is 5.58. The van der Waals surface area contributed by atoms with Crippen molar-refractivity contribution in [1.82, 2.24) is 0 Å². The van der Waals surface area contributed by atoms with Crippen molar-refractivity contribution in [1.29, 1.82) is 0 Å². The molecule has 0 aromatic heterocycles. The molecule has 0 saturated carbocycles. The lowest BCUT2D eigenvalue weighted by molar-refractivity contribution is -0.159. The van der Waals surface area contributed by atoms with Crippen LogP contribution in [0.15, 0.2) is 11.6 Å². The maximum Gasteiger partial charge on any atom is 0.344 e. The predicted molar refractivity (Wildman–Crippen MR) is 62.6 cm³/mol. The molecule has 6 heteroatoms. The third-order valence-corrected chi connectivity index (χ3v) is 1.63. The summed E-state index contributed by atoms with van der Waals surface area (Å²) in [6.07, 6.45) is 0.743. The predicted octanol–water partition coefficient (Wildman–Crippen LogP) is 0.991. The fourth-order valence-corrected chi connectivity index (χ4v) is 0.955. The Morgan fingerprint density at radius 2 is 1.78 bits per heavy atom. The van der Waals surface area contributed by atoms with E-state index in [-0.39, 0.29) is 18.3 Å². The fourth-order valence-electron chi connectivity index (χ4n) is 0.955. The van der Waals surface area contributed by atoms with Crippen LogP contribution >= 0.6 is 0 Å². The lowest BCUT2D eigenvalue weighted by Crippen LogP contribution is -2.20. The summed E-state index contributed by atoms with van der Waals surface area (Å²) in [5.74, 6) is -2.03. The Kier molecular flexibility index (Phi) is 7.42. The normalized spacial score (nSPS) is 11.1. The van der Waals surface area contributed by atoms with Crippen molar-refractivity contribution in [3.05, 3.63) is 11.6 Å². The zero-order valence-electron chi connectivity index (χ0n) is 11.0. The molecule has 0 saturated heterocycles. The zero-order chi connectivity index (χ0) is 14.1. The van der Waals surface area contributed by atoms with Gasteiger partial charge >= 0.3 is 17.9 Å². The van der Waals surface area contributed by atoms with Gasteiger partial charge in [-0.1, -0.05) is 0 Å². The van der Waals surface area contributed by atoms with Gasteiger partial charge in [-0.05, 0) is 27.7 Å². The Labute approximate surface area is 106 Å². The van der Waals surface area contributed by atoms with E-state index in [1.807, 2.05) is 0 Å². The van der Waals surface area contributed by atoms with Crippen molar-refractivity contribution >= 4 is 17.9 Å². The molecule has 0 fully saturated rings. The highest BCUT2D eigenvalue weighted by atomic mass is 16.6. The average molecular weight is 258 g/mol. The Bertz CT molecular complexity index is 342. The molecule has 0 aliphatic heterocycles. The molecule has 0 atom stereocenters. The minimum atomic E-state index is -0.760. The molecule has 0 heterocycles. The molecule has 18 heavy (non-hydrogen) atoms. The van der Waals surface area contributed by atoms with Gasteiger partial charge < -0.3 is 14.2 Å². The number of hydrogen-bond acceptors (Lipinski definition) is 6. The van der Waals surface area contributed by atoms with Crippen LogP contribution in [0.25, 0.3) is 0 Å².